The molecule has 6 nitrogen and oxygen atoms in total. The molecule has 1 aliphatic heterocycles. The molecule has 0 saturated carbocycles. The summed E-state index contributed by atoms with van der Waals surface area (Å²) in [6.45, 7) is 4.37. The Bertz CT molecular complexity index is 923. The first-order valence-electron chi connectivity index (χ1n) is 8.32. The normalized spacial score (nSPS) is 18.7. The van der Waals surface area contributed by atoms with E-state index in [4.69, 9.17) is 11.6 Å². The van der Waals surface area contributed by atoms with E-state index in [0.29, 0.717) is 36.1 Å². The molecule has 1 N–H and O–H groups in total. The number of halogens is 2. The summed E-state index contributed by atoms with van der Waals surface area (Å²) in [6.07, 6.45) is 0.593. The van der Waals surface area contributed by atoms with Gasteiger partial charge in [-0.15, -0.1) is 0 Å². The van der Waals surface area contributed by atoms with Crippen molar-refractivity contribution >= 4 is 38.8 Å². The van der Waals surface area contributed by atoms with Crippen LogP contribution in [0.1, 0.15) is 19.2 Å². The maximum Gasteiger partial charge on any atom is 0.152 e. The molecule has 1 atom stereocenters. The monoisotopic (exact) mass is 398 g/mol. The molecule has 0 aliphatic carbocycles. The average Bonchev–Trinajstić information content (AvgIpc) is 2.91. The maximum atomic E-state index is 13.3. The van der Waals surface area contributed by atoms with Gasteiger partial charge in [-0.05, 0) is 38.5 Å². The Balaban J connectivity index is 1.87. The van der Waals surface area contributed by atoms with Crippen molar-refractivity contribution in [2.24, 2.45) is 0 Å². The molecule has 0 radical (unpaired) electrons. The molecular formula is C17H20ClFN4O2S. The highest BCUT2D eigenvalue weighted by Crippen LogP contribution is 2.27. The van der Waals surface area contributed by atoms with Crippen molar-refractivity contribution in [1.29, 1.82) is 0 Å². The molecule has 26 heavy (non-hydrogen) atoms. The van der Waals surface area contributed by atoms with Gasteiger partial charge in [0.15, 0.2) is 9.84 Å². The van der Waals surface area contributed by atoms with Gasteiger partial charge in [-0.3, -0.25) is 0 Å². The van der Waals surface area contributed by atoms with Gasteiger partial charge in [0.1, 0.15) is 23.3 Å². The van der Waals surface area contributed by atoms with E-state index in [1.165, 1.54) is 12.1 Å². The third kappa shape index (κ3) is 4.24. The van der Waals surface area contributed by atoms with Gasteiger partial charge < -0.3 is 10.2 Å². The molecule has 2 heterocycles. The fraction of sp³-hybridized carbons (Fsp3) is 0.412. The van der Waals surface area contributed by atoms with E-state index in [1.54, 1.807) is 19.1 Å². The molecule has 1 unspecified atom stereocenters. The van der Waals surface area contributed by atoms with Crippen molar-refractivity contribution in [2.45, 2.75) is 26.3 Å². The Morgan fingerprint density at radius 1 is 1.35 bits per heavy atom. The molecule has 2 aromatic rings. The zero-order chi connectivity index (χ0) is 18.9. The molecular weight excluding hydrogens is 379 g/mol. The lowest BCUT2D eigenvalue weighted by Gasteiger charge is -2.28. The van der Waals surface area contributed by atoms with Gasteiger partial charge in [0.2, 0.25) is 0 Å². The van der Waals surface area contributed by atoms with Crippen molar-refractivity contribution in [2.75, 3.05) is 28.3 Å². The Kier molecular flexibility index (Phi) is 5.34. The number of aromatic nitrogens is 2. The molecule has 9 heteroatoms. The van der Waals surface area contributed by atoms with Crippen LogP contribution in [0.15, 0.2) is 24.3 Å². The summed E-state index contributed by atoms with van der Waals surface area (Å²) in [5.74, 6) is 1.61. The minimum atomic E-state index is -2.99. The molecule has 1 aliphatic rings. The quantitative estimate of drug-likeness (QED) is 0.832. The Hall–Kier alpha value is -1.93. The van der Waals surface area contributed by atoms with Crippen molar-refractivity contribution in [3.05, 3.63) is 40.9 Å². The summed E-state index contributed by atoms with van der Waals surface area (Å²) < 4.78 is 36.9. The van der Waals surface area contributed by atoms with Gasteiger partial charge in [-0.1, -0.05) is 11.6 Å². The number of hydrogen-bond acceptors (Lipinski definition) is 6. The first kappa shape index (κ1) is 18.8. The third-order valence-electron chi connectivity index (χ3n) is 4.30. The van der Waals surface area contributed by atoms with E-state index in [2.05, 4.69) is 15.3 Å². The van der Waals surface area contributed by atoms with Crippen molar-refractivity contribution in [3.63, 3.8) is 0 Å². The topological polar surface area (TPSA) is 75.2 Å². The predicted molar refractivity (Wildman–Crippen MR) is 102 cm³/mol. The smallest absolute Gasteiger partial charge is 0.152 e. The number of aryl methyl sites for hydroxylation is 1. The average molecular weight is 399 g/mol. The molecule has 0 bridgehead atoms. The van der Waals surface area contributed by atoms with Gasteiger partial charge in [0.05, 0.1) is 16.5 Å². The van der Waals surface area contributed by atoms with Gasteiger partial charge >= 0.3 is 0 Å². The number of benzene rings is 1. The number of nitrogens with one attached hydrogen (secondary N) is 1. The van der Waals surface area contributed by atoms with E-state index in [9.17, 15) is 12.8 Å². The van der Waals surface area contributed by atoms with Crippen LogP contribution in [0.3, 0.4) is 0 Å². The van der Waals surface area contributed by atoms with Crippen LogP contribution in [0.4, 0.5) is 21.7 Å². The first-order chi connectivity index (χ1) is 12.3. The number of sulfone groups is 1. The first-order valence-corrected chi connectivity index (χ1v) is 10.5. The van der Waals surface area contributed by atoms with Gasteiger partial charge in [0, 0.05) is 24.3 Å². The van der Waals surface area contributed by atoms with Crippen molar-refractivity contribution in [1.82, 2.24) is 9.97 Å². The van der Waals surface area contributed by atoms with E-state index in [-0.39, 0.29) is 22.6 Å². The lowest BCUT2D eigenvalue weighted by molar-refractivity contribution is 0.599. The fourth-order valence-electron chi connectivity index (χ4n) is 3.11. The number of nitrogens with zero attached hydrogens (tertiary/aromatic N) is 3. The molecule has 0 amide bonds. The summed E-state index contributed by atoms with van der Waals surface area (Å²) in [5, 5.41) is 3.11. The third-order valence-corrected chi connectivity index (χ3v) is 6.34. The molecule has 1 aromatic carbocycles. The van der Waals surface area contributed by atoms with E-state index >= 15 is 0 Å². The van der Waals surface area contributed by atoms with Crippen molar-refractivity contribution < 1.29 is 12.8 Å². The predicted octanol–water partition coefficient (Wildman–Crippen LogP) is 3.33. The van der Waals surface area contributed by atoms with Crippen LogP contribution in [-0.4, -0.2) is 42.5 Å². The number of hydrogen-bond donors (Lipinski definition) is 1. The Morgan fingerprint density at radius 3 is 2.73 bits per heavy atom. The van der Waals surface area contributed by atoms with Crippen LogP contribution < -0.4 is 10.2 Å². The Morgan fingerprint density at radius 2 is 2.12 bits per heavy atom. The highest BCUT2D eigenvalue weighted by Gasteiger charge is 2.32. The maximum absolute atomic E-state index is 13.3. The zero-order valence-electron chi connectivity index (χ0n) is 14.5. The summed E-state index contributed by atoms with van der Waals surface area (Å²) in [5.41, 5.74) is 0.604. The minimum absolute atomic E-state index is 0.0207. The zero-order valence-corrected chi connectivity index (χ0v) is 16.1. The highest BCUT2D eigenvalue weighted by molar-refractivity contribution is 7.91. The van der Waals surface area contributed by atoms with Gasteiger partial charge in [0.25, 0.3) is 0 Å². The molecule has 1 aromatic heterocycles. The van der Waals surface area contributed by atoms with Crippen LogP contribution in [0, 0.1) is 12.7 Å². The van der Waals surface area contributed by atoms with Crippen molar-refractivity contribution in [3.8, 4) is 0 Å². The second-order valence-corrected chi connectivity index (χ2v) is 8.89. The van der Waals surface area contributed by atoms with Crippen LogP contribution in [0.25, 0.3) is 0 Å². The molecule has 3 rings (SSSR count). The lowest BCUT2D eigenvalue weighted by atomic mass is 10.2. The summed E-state index contributed by atoms with van der Waals surface area (Å²) >= 11 is 5.82. The van der Waals surface area contributed by atoms with Crippen LogP contribution in [0.5, 0.6) is 0 Å². The van der Waals surface area contributed by atoms with Crippen LogP contribution in [-0.2, 0) is 9.84 Å². The molecule has 1 saturated heterocycles. The largest absolute Gasteiger partial charge is 0.353 e. The van der Waals surface area contributed by atoms with E-state index in [1.807, 2.05) is 11.8 Å². The molecule has 140 valence electrons. The van der Waals surface area contributed by atoms with Crippen LogP contribution in [0.2, 0.25) is 5.02 Å². The van der Waals surface area contributed by atoms with Gasteiger partial charge in [-0.25, -0.2) is 22.8 Å². The van der Waals surface area contributed by atoms with Gasteiger partial charge in [-0.2, -0.15) is 0 Å². The van der Waals surface area contributed by atoms with E-state index in [0.717, 1.165) is 0 Å². The molecule has 0 spiro atoms. The van der Waals surface area contributed by atoms with Crippen LogP contribution >= 0.6 is 11.6 Å². The van der Waals surface area contributed by atoms with E-state index < -0.39 is 15.7 Å². The summed E-state index contributed by atoms with van der Waals surface area (Å²) in [4.78, 5) is 10.8. The minimum Gasteiger partial charge on any atom is -0.353 e. The fourth-order valence-corrected chi connectivity index (χ4v) is 5.02. The molecule has 1 fully saturated rings. The number of rotatable bonds is 5. The standard InChI is InChI=1S/C17H20ClFN4O2S/c1-3-23(13-6-7-26(24,25)10-13)17-9-16(20-11(2)21-17)22-12-4-5-15(19)14(18)8-12/h4-5,8-9,13H,3,6-7,10H2,1-2H3,(H,20,21,22). The SMILES string of the molecule is CCN(c1cc(Nc2ccc(F)c(Cl)c2)nc(C)n1)C1CCS(=O)(=O)C1. The highest BCUT2D eigenvalue weighted by atomic mass is 35.5. The number of anilines is 3. The lowest BCUT2D eigenvalue weighted by Crippen LogP contribution is -2.36. The summed E-state index contributed by atoms with van der Waals surface area (Å²) in [7, 11) is -2.99. The summed E-state index contributed by atoms with van der Waals surface area (Å²) in [6, 6.07) is 6.00. The Labute approximate surface area is 157 Å². The second-order valence-electron chi connectivity index (χ2n) is 6.26. The second kappa shape index (κ2) is 7.36.